The molecule has 0 bridgehead atoms. The monoisotopic (exact) mass is 121 g/mol. The summed E-state index contributed by atoms with van der Waals surface area (Å²) in [5, 5.41) is 0. The normalized spacial score (nSPS) is 11.8. The number of hydrogen-bond acceptors (Lipinski definition) is 1. The molecule has 6 heavy (non-hydrogen) atoms. The fraction of sp³-hybridized carbons (Fsp3) is 1.00. The van der Waals surface area contributed by atoms with Crippen molar-refractivity contribution in [1.29, 1.82) is 0 Å². The van der Waals surface area contributed by atoms with Gasteiger partial charge in [-0.1, -0.05) is 0 Å². The molecule has 0 aromatic heterocycles. The van der Waals surface area contributed by atoms with Crippen LogP contribution in [-0.2, 0) is 9.67 Å². The molecule has 0 unspecified atom stereocenters. The van der Waals surface area contributed by atoms with Gasteiger partial charge in [0.25, 0.3) is 0 Å². The summed E-state index contributed by atoms with van der Waals surface area (Å²) in [6.45, 7) is 2.91. The topological polar surface area (TPSA) is 12.4 Å². The average molecular weight is 121 g/mol. The van der Waals surface area contributed by atoms with E-state index in [1.54, 1.807) is 0 Å². The zero-order valence-electron chi connectivity index (χ0n) is 4.01. The summed E-state index contributed by atoms with van der Waals surface area (Å²) in [6.07, 6.45) is 1.98. The van der Waals surface area contributed by atoms with Crippen LogP contribution < -0.4 is 0 Å². The van der Waals surface area contributed by atoms with Gasteiger partial charge in [-0.05, 0) is 0 Å². The van der Waals surface area contributed by atoms with Gasteiger partial charge in [-0.15, -0.1) is 0 Å². The number of rotatable bonds is 1. The van der Waals surface area contributed by atoms with Crippen LogP contribution in [0.15, 0.2) is 4.36 Å². The van der Waals surface area contributed by atoms with Crippen LogP contribution in [0.3, 0.4) is 0 Å². The van der Waals surface area contributed by atoms with Gasteiger partial charge >= 0.3 is 41.6 Å². The quantitative estimate of drug-likeness (QED) is 0.469. The van der Waals surface area contributed by atoms with Crippen LogP contribution in [0.5, 0.6) is 0 Å². The molecule has 0 N–H and O–H groups in total. The summed E-state index contributed by atoms with van der Waals surface area (Å²) in [5.41, 5.74) is 0. The van der Waals surface area contributed by atoms with Gasteiger partial charge in [0.15, 0.2) is 0 Å². The fourth-order valence-corrected chi connectivity index (χ4v) is 0.907. The van der Waals surface area contributed by atoms with Crippen LogP contribution in [0.25, 0.3) is 0 Å². The van der Waals surface area contributed by atoms with Crippen molar-refractivity contribution in [3.8, 4) is 0 Å². The van der Waals surface area contributed by atoms with Crippen molar-refractivity contribution in [2.24, 2.45) is 4.36 Å². The van der Waals surface area contributed by atoms with E-state index >= 15 is 0 Å². The van der Waals surface area contributed by atoms with Gasteiger partial charge in [-0.3, -0.25) is 0 Å². The van der Waals surface area contributed by atoms with E-state index in [1.807, 2.05) is 13.2 Å². The molecule has 0 fully saturated rings. The van der Waals surface area contributed by atoms with Crippen molar-refractivity contribution in [2.45, 2.75) is 6.92 Å². The van der Waals surface area contributed by atoms with E-state index in [0.717, 1.165) is 6.54 Å². The third-order valence-corrected chi connectivity index (χ3v) is 1.29. The van der Waals surface area contributed by atoms with E-state index < -0.39 is 0 Å². The molecule has 0 heterocycles. The van der Waals surface area contributed by atoms with Gasteiger partial charge in [0.1, 0.15) is 0 Å². The van der Waals surface area contributed by atoms with E-state index in [4.69, 9.17) is 0 Å². The predicted molar refractivity (Wildman–Crippen MR) is 33.2 cm³/mol. The molecule has 0 aliphatic heterocycles. The molecule has 0 amide bonds. The van der Waals surface area contributed by atoms with E-state index in [1.165, 1.54) is 0 Å². The molecule has 3 heteroatoms. The number of nitrogens with zero attached hydrogens (tertiary/aromatic N) is 1. The molecule has 0 rings (SSSR count). The van der Waals surface area contributed by atoms with Crippen LogP contribution >= 0.6 is 7.81 Å². The summed E-state index contributed by atoms with van der Waals surface area (Å²) in [5.74, 6) is 0. The van der Waals surface area contributed by atoms with Crippen LogP contribution in [0.1, 0.15) is 6.92 Å². The van der Waals surface area contributed by atoms with E-state index in [0.29, 0.717) is 0 Å². The maximum atomic E-state index is 4.04. The summed E-state index contributed by atoms with van der Waals surface area (Å²) in [7, 11) is 4.04. The average Bonchev–Trinajstić information content (AvgIpc) is 1.35. The molecule has 0 radical (unpaired) electrons. The molecular weight excluding hydrogens is 113 g/mol. The van der Waals surface area contributed by atoms with E-state index in [-0.39, 0.29) is 9.67 Å². The third kappa shape index (κ3) is 4.45. The van der Waals surface area contributed by atoms with Crippen LogP contribution in [-0.4, -0.2) is 12.8 Å². The van der Waals surface area contributed by atoms with Crippen molar-refractivity contribution in [1.82, 2.24) is 0 Å². The van der Waals surface area contributed by atoms with Crippen molar-refractivity contribution >= 4 is 17.5 Å². The number of hydrogen-bond donors (Lipinski definition) is 0. The first-order valence-electron chi connectivity index (χ1n) is 1.80. The zero-order chi connectivity index (χ0) is 4.99. The summed E-state index contributed by atoms with van der Waals surface area (Å²) in [6, 6.07) is 0. The van der Waals surface area contributed by atoms with Crippen molar-refractivity contribution in [3.63, 3.8) is 0 Å². The Kier molecular flexibility index (Phi) is 3.91. The Balaban J connectivity index is 3.55. The van der Waals surface area contributed by atoms with Gasteiger partial charge in [0, 0.05) is 0 Å². The van der Waals surface area contributed by atoms with Gasteiger partial charge in [-0.25, -0.2) is 0 Å². The molecule has 0 spiro atoms. The molecule has 0 saturated carbocycles. The Bertz CT molecular complexity index is 132. The Morgan fingerprint density at radius 2 is 2.33 bits per heavy atom. The van der Waals surface area contributed by atoms with Crippen LogP contribution in [0, 0.1) is 0 Å². The third-order valence-electron chi connectivity index (χ3n) is 0.316. The van der Waals surface area contributed by atoms with Gasteiger partial charge < -0.3 is 0 Å². The van der Waals surface area contributed by atoms with Gasteiger partial charge in [-0.2, -0.15) is 0 Å². The zero-order valence-corrected chi connectivity index (χ0v) is 5.72. The molecule has 0 aliphatic rings. The minimum atomic E-state index is 0.00386. The van der Waals surface area contributed by atoms with Crippen molar-refractivity contribution in [2.75, 3.05) is 12.8 Å². The van der Waals surface area contributed by atoms with E-state index in [9.17, 15) is 0 Å². The molecule has 0 aromatic carbocycles. The van der Waals surface area contributed by atoms with Crippen molar-refractivity contribution in [3.05, 3.63) is 0 Å². The Hall–Kier alpha value is 0.450. The predicted octanol–water partition coefficient (Wildman–Crippen LogP) is 1.76. The summed E-state index contributed by atoms with van der Waals surface area (Å²) < 4.78 is 4.02. The standard InChI is InChI=1S/C3H8NPS/c1-3-4-6(2)5/h3H2,1-2H3. The molecule has 1 nitrogen and oxygen atoms in total. The van der Waals surface area contributed by atoms with Crippen molar-refractivity contribution < 1.29 is 0 Å². The summed E-state index contributed by atoms with van der Waals surface area (Å²) >= 11 is 0. The first-order valence-corrected chi connectivity index (χ1v) is 4.44. The first kappa shape index (κ1) is 6.45. The Morgan fingerprint density at radius 3 is 2.33 bits per heavy atom. The van der Waals surface area contributed by atoms with E-state index in [2.05, 4.69) is 12.2 Å². The molecule has 0 aliphatic carbocycles. The minimum absolute atomic E-state index is 0.00386. The summed E-state index contributed by atoms with van der Waals surface area (Å²) in [4.78, 5) is 0. The molecule has 0 atom stereocenters. The van der Waals surface area contributed by atoms with Gasteiger partial charge in [0.05, 0.1) is 0 Å². The van der Waals surface area contributed by atoms with Crippen LogP contribution in [0.2, 0.25) is 0 Å². The second-order valence-corrected chi connectivity index (χ2v) is 3.63. The second kappa shape index (κ2) is 3.63. The SMILES string of the molecule is CCN=S(C)#P. The van der Waals surface area contributed by atoms with Crippen LogP contribution in [0.4, 0.5) is 0 Å². The molecule has 0 saturated heterocycles. The Morgan fingerprint density at radius 1 is 1.83 bits per heavy atom. The second-order valence-electron chi connectivity index (χ2n) is 0.892. The molecular formula is C3H8NPS. The first-order chi connectivity index (χ1) is 2.77. The fourth-order valence-electron chi connectivity index (χ4n) is 0.187. The Labute approximate surface area is 42.3 Å². The van der Waals surface area contributed by atoms with Gasteiger partial charge in [0.2, 0.25) is 0 Å². The molecule has 0 aromatic rings. The maximum absolute atomic E-state index is 4.04. The molecule has 36 valence electrons.